The Hall–Kier alpha value is -2.29. The van der Waals surface area contributed by atoms with Crippen molar-refractivity contribution < 1.29 is 13.2 Å². The summed E-state index contributed by atoms with van der Waals surface area (Å²) in [5, 5.41) is 1.13. The molecule has 0 unspecified atom stereocenters. The lowest BCUT2D eigenvalue weighted by atomic mass is 9.97. The number of benzene rings is 2. The molecular weight excluding hydrogens is 394 g/mol. The summed E-state index contributed by atoms with van der Waals surface area (Å²) in [5.74, 6) is 0.230. The summed E-state index contributed by atoms with van der Waals surface area (Å²) in [6.07, 6.45) is 1.72. The zero-order valence-electron chi connectivity index (χ0n) is 15.5. The zero-order chi connectivity index (χ0) is 19.7. The number of nitrogens with one attached hydrogen (secondary N) is 1. The lowest BCUT2D eigenvalue weighted by molar-refractivity contribution is 0.0712. The molecule has 1 amide bonds. The Morgan fingerprint density at radius 3 is 2.61 bits per heavy atom. The fourth-order valence-electron chi connectivity index (χ4n) is 3.49. The second-order valence-electron chi connectivity index (χ2n) is 6.82. The quantitative estimate of drug-likeness (QED) is 0.710. The molecule has 1 saturated heterocycles. The number of piperidine rings is 1. The summed E-state index contributed by atoms with van der Waals surface area (Å²) in [4.78, 5) is 19.5. The maximum atomic E-state index is 12.8. The van der Waals surface area contributed by atoms with Crippen LogP contribution in [-0.4, -0.2) is 44.3 Å². The van der Waals surface area contributed by atoms with Crippen LogP contribution in [0.3, 0.4) is 0 Å². The zero-order valence-corrected chi connectivity index (χ0v) is 17.1. The van der Waals surface area contributed by atoms with E-state index in [0.717, 1.165) is 23.4 Å². The van der Waals surface area contributed by atoms with Gasteiger partial charge in [0, 0.05) is 24.6 Å². The first kappa shape index (κ1) is 19.0. The van der Waals surface area contributed by atoms with Gasteiger partial charge in [0.25, 0.3) is 5.91 Å². The van der Waals surface area contributed by atoms with Crippen LogP contribution >= 0.6 is 11.3 Å². The molecule has 0 bridgehead atoms. The number of hydrogen-bond acceptors (Lipinski definition) is 5. The molecule has 0 saturated carbocycles. The smallest absolute Gasteiger partial charge is 0.253 e. The van der Waals surface area contributed by atoms with Gasteiger partial charge in [0.05, 0.1) is 20.1 Å². The highest BCUT2D eigenvalue weighted by Crippen LogP contribution is 2.34. The average molecular weight is 416 g/mol. The predicted octanol–water partition coefficient (Wildman–Crippen LogP) is 3.22. The third-order valence-electron chi connectivity index (χ3n) is 5.10. The Morgan fingerprint density at radius 2 is 1.89 bits per heavy atom. The molecule has 4 rings (SSSR count). The van der Waals surface area contributed by atoms with Gasteiger partial charge in [0.15, 0.2) is 0 Å². The number of hydrogen-bond donors (Lipinski definition) is 1. The summed E-state index contributed by atoms with van der Waals surface area (Å²) < 4.78 is 27.4. The van der Waals surface area contributed by atoms with Crippen molar-refractivity contribution in [1.29, 1.82) is 0 Å². The monoisotopic (exact) mass is 415 g/mol. The Balaban J connectivity index is 1.46. The number of carbonyl (C=O) groups is 1. The maximum Gasteiger partial charge on any atom is 0.253 e. The van der Waals surface area contributed by atoms with Crippen molar-refractivity contribution >= 4 is 37.5 Å². The largest absolute Gasteiger partial charge is 0.339 e. The number of nitrogens with zero attached hydrogens (tertiary/aromatic N) is 2. The van der Waals surface area contributed by atoms with Crippen molar-refractivity contribution in [2.45, 2.75) is 23.7 Å². The highest BCUT2D eigenvalue weighted by Gasteiger charge is 2.27. The Morgan fingerprint density at radius 1 is 1.14 bits per heavy atom. The molecule has 6 nitrogen and oxygen atoms in total. The number of amides is 1. The van der Waals surface area contributed by atoms with Gasteiger partial charge in [-0.1, -0.05) is 18.2 Å². The predicted molar refractivity (Wildman–Crippen MR) is 110 cm³/mol. The molecular formula is C20H21N3O3S2. The number of para-hydroxylation sites is 1. The topological polar surface area (TPSA) is 79.4 Å². The van der Waals surface area contributed by atoms with E-state index in [0.29, 0.717) is 24.6 Å². The lowest BCUT2D eigenvalue weighted by Gasteiger charge is -2.31. The third kappa shape index (κ3) is 3.67. The first-order valence-corrected chi connectivity index (χ1v) is 11.5. The molecule has 2 aromatic carbocycles. The Kier molecular flexibility index (Phi) is 5.18. The minimum absolute atomic E-state index is 0.102. The van der Waals surface area contributed by atoms with E-state index in [2.05, 4.69) is 10.8 Å². The van der Waals surface area contributed by atoms with Gasteiger partial charge in [-0.3, -0.25) is 4.79 Å². The van der Waals surface area contributed by atoms with Crippen molar-refractivity contribution in [2.24, 2.45) is 0 Å². The highest BCUT2D eigenvalue weighted by atomic mass is 32.2. The SMILES string of the molecule is CNS(=O)(=O)c1cccc(C(=O)N2CCC(c3nc4ccccc4s3)CC2)c1. The standard InChI is InChI=1S/C20H21N3O3S2/c1-21-28(25,26)16-6-4-5-15(13-16)20(24)23-11-9-14(10-12-23)19-22-17-7-2-3-8-18(17)27-19/h2-8,13-14,21H,9-12H2,1H3. The van der Waals surface area contributed by atoms with Crippen LogP contribution in [0.1, 0.15) is 34.1 Å². The van der Waals surface area contributed by atoms with Crippen molar-refractivity contribution in [3.8, 4) is 0 Å². The molecule has 1 N–H and O–H groups in total. The van der Waals surface area contributed by atoms with Gasteiger partial charge in [-0.25, -0.2) is 18.1 Å². The number of aromatic nitrogens is 1. The molecule has 1 aromatic heterocycles. The summed E-state index contributed by atoms with van der Waals surface area (Å²) in [6.45, 7) is 1.28. The van der Waals surface area contributed by atoms with Crippen LogP contribution in [0.15, 0.2) is 53.4 Å². The Bertz CT molecular complexity index is 1080. The molecule has 1 fully saturated rings. The minimum atomic E-state index is -3.57. The van der Waals surface area contributed by atoms with Crippen molar-refractivity contribution in [1.82, 2.24) is 14.6 Å². The summed E-state index contributed by atoms with van der Waals surface area (Å²) in [5.41, 5.74) is 1.43. The number of carbonyl (C=O) groups excluding carboxylic acids is 1. The fourth-order valence-corrected chi connectivity index (χ4v) is 5.40. The summed E-state index contributed by atoms with van der Waals surface area (Å²) in [7, 11) is -2.21. The molecule has 146 valence electrons. The molecule has 1 aliphatic heterocycles. The summed E-state index contributed by atoms with van der Waals surface area (Å²) in [6, 6.07) is 14.3. The molecule has 0 aliphatic carbocycles. The molecule has 0 radical (unpaired) electrons. The van der Waals surface area contributed by atoms with Gasteiger partial charge in [-0.05, 0) is 50.2 Å². The number of fused-ring (bicyclic) bond motifs is 1. The van der Waals surface area contributed by atoms with Crippen LogP contribution in [0.5, 0.6) is 0 Å². The van der Waals surface area contributed by atoms with Gasteiger partial charge >= 0.3 is 0 Å². The van der Waals surface area contributed by atoms with Gasteiger partial charge in [-0.2, -0.15) is 0 Å². The minimum Gasteiger partial charge on any atom is -0.339 e. The molecule has 28 heavy (non-hydrogen) atoms. The van der Waals surface area contributed by atoms with Crippen molar-refractivity contribution in [2.75, 3.05) is 20.1 Å². The van der Waals surface area contributed by atoms with Crippen LogP contribution in [0.2, 0.25) is 0 Å². The molecule has 0 spiro atoms. The molecule has 8 heteroatoms. The van der Waals surface area contributed by atoms with Gasteiger partial charge < -0.3 is 4.90 Å². The summed E-state index contributed by atoms with van der Waals surface area (Å²) >= 11 is 1.73. The van der Waals surface area contributed by atoms with Crippen LogP contribution < -0.4 is 4.72 Å². The molecule has 3 aromatic rings. The second kappa shape index (κ2) is 7.62. The van der Waals surface area contributed by atoms with Crippen molar-refractivity contribution in [3.63, 3.8) is 0 Å². The van der Waals surface area contributed by atoms with Gasteiger partial charge in [0.1, 0.15) is 0 Å². The van der Waals surface area contributed by atoms with E-state index >= 15 is 0 Å². The highest BCUT2D eigenvalue weighted by molar-refractivity contribution is 7.89. The van der Waals surface area contributed by atoms with Crippen LogP contribution in [-0.2, 0) is 10.0 Å². The second-order valence-corrected chi connectivity index (χ2v) is 9.77. The van der Waals surface area contributed by atoms with E-state index < -0.39 is 10.0 Å². The van der Waals surface area contributed by atoms with E-state index in [1.54, 1.807) is 28.4 Å². The number of sulfonamides is 1. The molecule has 2 heterocycles. The van der Waals surface area contributed by atoms with E-state index in [4.69, 9.17) is 4.98 Å². The first-order chi connectivity index (χ1) is 13.5. The normalized spacial score (nSPS) is 15.8. The number of likely N-dealkylation sites (tertiary alicyclic amines) is 1. The van der Waals surface area contributed by atoms with E-state index in [1.807, 2.05) is 18.2 Å². The van der Waals surface area contributed by atoms with E-state index in [9.17, 15) is 13.2 Å². The molecule has 0 atom stereocenters. The van der Waals surface area contributed by atoms with Crippen molar-refractivity contribution in [3.05, 3.63) is 59.1 Å². The van der Waals surface area contributed by atoms with Gasteiger partial charge in [-0.15, -0.1) is 11.3 Å². The van der Waals surface area contributed by atoms with Gasteiger partial charge in [0.2, 0.25) is 10.0 Å². The van der Waals surface area contributed by atoms with E-state index in [-0.39, 0.29) is 10.8 Å². The van der Waals surface area contributed by atoms with Crippen LogP contribution in [0.25, 0.3) is 10.2 Å². The maximum absolute atomic E-state index is 12.8. The average Bonchev–Trinajstić information content (AvgIpc) is 3.18. The lowest BCUT2D eigenvalue weighted by Crippen LogP contribution is -2.38. The van der Waals surface area contributed by atoms with E-state index in [1.165, 1.54) is 23.9 Å². The first-order valence-electron chi connectivity index (χ1n) is 9.16. The Labute approximate surface area is 168 Å². The molecule has 1 aliphatic rings. The fraction of sp³-hybridized carbons (Fsp3) is 0.300. The number of thiazole rings is 1. The number of rotatable bonds is 4. The van der Waals surface area contributed by atoms with Crippen LogP contribution in [0, 0.1) is 0 Å². The van der Waals surface area contributed by atoms with Crippen LogP contribution in [0.4, 0.5) is 0 Å². The third-order valence-corrected chi connectivity index (χ3v) is 7.71.